The van der Waals surface area contributed by atoms with E-state index in [1.165, 1.54) is 70.6 Å². The smallest absolute Gasteiger partial charge is 0.550 e. The number of benzene rings is 1. The number of carboxylic acids is 2. The summed E-state index contributed by atoms with van der Waals surface area (Å²) < 4.78 is 0. The first-order valence-electron chi connectivity index (χ1n) is 14.9. The fraction of sp³-hybridized carbons (Fsp3) is 0.697. The van der Waals surface area contributed by atoms with Crippen molar-refractivity contribution in [3.63, 3.8) is 0 Å². The number of hydrogen-bond acceptors (Lipinski definition) is 4. The third-order valence-corrected chi connectivity index (χ3v) is 5.73. The first-order valence-corrected chi connectivity index (χ1v) is 14.9. The third-order valence-electron chi connectivity index (χ3n) is 5.73. The van der Waals surface area contributed by atoms with Crippen molar-refractivity contribution >= 4 is 35.8 Å². The number of unbranched alkanes of at least 4 members (excludes halogenated alkanes) is 13. The van der Waals surface area contributed by atoms with Crippen molar-refractivity contribution in [3.05, 3.63) is 49.2 Å². The zero-order valence-electron chi connectivity index (χ0n) is 25.3. The summed E-state index contributed by atoms with van der Waals surface area (Å²) in [4.78, 5) is 20.8. The van der Waals surface area contributed by atoms with E-state index in [1.54, 1.807) is 12.1 Å². The van der Waals surface area contributed by atoms with Crippen molar-refractivity contribution in [3.8, 4) is 0 Å². The van der Waals surface area contributed by atoms with Gasteiger partial charge in [0.05, 0.1) is 5.97 Å². The van der Waals surface area contributed by atoms with E-state index >= 15 is 0 Å². The summed E-state index contributed by atoms with van der Waals surface area (Å²) >= 11 is 0. The summed E-state index contributed by atoms with van der Waals surface area (Å²) in [5.74, 6) is -1.98. The zero-order valence-corrected chi connectivity index (χ0v) is 28.1. The molecular weight excluding hydrogens is 579 g/mol. The molecule has 4 nitrogen and oxygen atoms in total. The van der Waals surface area contributed by atoms with Crippen molar-refractivity contribution in [2.75, 3.05) is 0 Å². The van der Waals surface area contributed by atoms with Crippen molar-refractivity contribution in [1.82, 2.24) is 0 Å². The van der Waals surface area contributed by atoms with Crippen molar-refractivity contribution in [2.24, 2.45) is 0 Å². The number of carbonyl (C=O) groups is 2. The maximum absolute atomic E-state index is 10.7. The normalized spacial score (nSPS) is 9.42. The molecule has 0 unspecified atom stereocenters. The quantitative estimate of drug-likeness (QED) is 0.122. The van der Waals surface area contributed by atoms with Crippen LogP contribution in [0.25, 0.3) is 0 Å². The molecule has 0 amide bonds. The zero-order chi connectivity index (χ0) is 28.6. The number of carbonyl (C=O) groups excluding carboxylic acids is 2. The molecule has 0 spiro atoms. The van der Waals surface area contributed by atoms with Gasteiger partial charge >= 0.3 is 23.9 Å². The molecule has 0 heterocycles. The van der Waals surface area contributed by atoms with Gasteiger partial charge in [-0.3, -0.25) is 0 Å². The topological polar surface area (TPSA) is 80.3 Å². The van der Waals surface area contributed by atoms with Crippen LogP contribution in [0.15, 0.2) is 24.3 Å². The number of hydrogen-bond donors (Lipinski definition) is 0. The van der Waals surface area contributed by atoms with Crippen LogP contribution in [0.5, 0.6) is 0 Å². The second-order valence-corrected chi connectivity index (χ2v) is 9.41. The number of aromatic carboxylic acids is 1. The maximum atomic E-state index is 10.7. The molecule has 38 heavy (non-hydrogen) atoms. The van der Waals surface area contributed by atoms with Gasteiger partial charge < -0.3 is 19.8 Å². The molecule has 1 aromatic rings. The van der Waals surface area contributed by atoms with Gasteiger partial charge in [-0.25, -0.2) is 0 Å². The molecule has 4 radical (unpaired) electrons. The fourth-order valence-corrected chi connectivity index (χ4v) is 3.24. The second-order valence-electron chi connectivity index (χ2n) is 9.41. The van der Waals surface area contributed by atoms with Gasteiger partial charge in [0.2, 0.25) is 0 Å². The number of aryl methyl sites for hydroxylation is 1. The van der Waals surface area contributed by atoms with Crippen molar-refractivity contribution in [1.29, 1.82) is 0 Å². The molecule has 0 atom stereocenters. The molecule has 0 saturated carbocycles. The first kappa shape index (κ1) is 44.0. The molecule has 0 N–H and O–H groups in total. The Labute approximate surface area is 253 Å². The van der Waals surface area contributed by atoms with Crippen LogP contribution in [0, 0.1) is 13.8 Å². The largest absolute Gasteiger partial charge is 2.00 e. The van der Waals surface area contributed by atoms with E-state index in [9.17, 15) is 19.8 Å². The van der Waals surface area contributed by atoms with Crippen LogP contribution >= 0.6 is 0 Å². The second kappa shape index (κ2) is 38.1. The van der Waals surface area contributed by atoms with Gasteiger partial charge in [-0.15, -0.1) is 0 Å². The van der Waals surface area contributed by atoms with E-state index < -0.39 is 11.9 Å². The minimum atomic E-state index is -1.08. The third kappa shape index (κ3) is 37.1. The molecule has 0 saturated heterocycles. The minimum Gasteiger partial charge on any atom is -0.550 e. The van der Waals surface area contributed by atoms with E-state index in [1.807, 2.05) is 12.1 Å². The Balaban J connectivity index is -0.000000234. The molecule has 0 aliphatic carbocycles. The molecule has 1 aromatic carbocycles. The van der Waals surface area contributed by atoms with Crippen LogP contribution in [0.4, 0.5) is 0 Å². The van der Waals surface area contributed by atoms with Crippen LogP contribution in [0.2, 0.25) is 0 Å². The van der Waals surface area contributed by atoms with E-state index in [2.05, 4.69) is 41.5 Å². The predicted molar refractivity (Wildman–Crippen MR) is 162 cm³/mol. The summed E-state index contributed by atoms with van der Waals surface area (Å²) in [6.07, 6.45) is 21.5. The van der Waals surface area contributed by atoms with Gasteiger partial charge in [0.25, 0.3) is 0 Å². The summed E-state index contributed by atoms with van der Waals surface area (Å²) in [5.41, 5.74) is 1.21. The molecule has 0 aromatic heterocycles. The standard InChI is InChI=1S/C14H28O2.C11H14O2.2C4H9.Sn/c1-2-3-4-5-6-7-8-9-10-11-12-13-14(15)16;1-2-3-6-9-7-4-5-8-10(9)11(12)13;2*1-3-4-2;/h2-13H2,1H3,(H,15,16);4-5,7-8H,2-3,6H2,1H3,(H,12,13);2*1,3-4H2,2H3;/q;;;;+2/p-2. The molecule has 0 aliphatic heterocycles. The number of carboxylic acid groups (broad SMARTS) is 2. The molecule has 5 heteroatoms. The molecule has 0 fully saturated rings. The van der Waals surface area contributed by atoms with Crippen LogP contribution in [0.3, 0.4) is 0 Å². The van der Waals surface area contributed by atoms with Gasteiger partial charge in [-0.2, -0.15) is 0 Å². The monoisotopic (exact) mass is 638 g/mol. The molecular formula is C33H58O4Sn. The van der Waals surface area contributed by atoms with Crippen LogP contribution in [-0.2, 0) is 11.2 Å². The Hall–Kier alpha value is -1.04. The summed E-state index contributed by atoms with van der Waals surface area (Å²) in [6, 6.07) is 7.03. The Kier molecular flexibility index (Phi) is 44.1. The Morgan fingerprint density at radius 2 is 1.03 bits per heavy atom. The van der Waals surface area contributed by atoms with E-state index in [-0.39, 0.29) is 30.3 Å². The van der Waals surface area contributed by atoms with E-state index in [0.29, 0.717) is 5.56 Å². The van der Waals surface area contributed by atoms with Gasteiger partial charge in [-0.1, -0.05) is 162 Å². The summed E-state index contributed by atoms with van der Waals surface area (Å²) in [7, 11) is 0. The Morgan fingerprint density at radius 3 is 1.39 bits per heavy atom. The fourth-order valence-electron chi connectivity index (χ4n) is 3.24. The Morgan fingerprint density at radius 1 is 0.632 bits per heavy atom. The molecule has 1 rings (SSSR count). The van der Waals surface area contributed by atoms with Gasteiger partial charge in [0, 0.05) is 11.5 Å². The van der Waals surface area contributed by atoms with E-state index in [0.717, 1.165) is 50.5 Å². The SMILES string of the molecule is CCCCCCCCCCCCCC(=O)[O-].CCCCc1ccccc1C(=O)[O-].[CH2]CCC.[CH2]CCC.[Sn+2]. The predicted octanol–water partition coefficient (Wildman–Crippen LogP) is 7.69. The summed E-state index contributed by atoms with van der Waals surface area (Å²) in [5, 5.41) is 20.8. The average Bonchev–Trinajstić information content (AvgIpc) is 2.91. The number of aliphatic carboxylic acids is 1. The Bertz CT molecular complexity index is 596. The summed E-state index contributed by atoms with van der Waals surface area (Å²) in [6.45, 7) is 15.8. The van der Waals surface area contributed by atoms with Crippen molar-refractivity contribution in [2.45, 2.75) is 150 Å². The van der Waals surface area contributed by atoms with Gasteiger partial charge in [0.15, 0.2) is 0 Å². The first-order chi connectivity index (χ1) is 17.9. The minimum absolute atomic E-state index is 0. The molecule has 0 aliphatic rings. The molecule has 218 valence electrons. The molecule has 0 bridgehead atoms. The van der Waals surface area contributed by atoms with Crippen LogP contribution in [-0.4, -0.2) is 35.8 Å². The van der Waals surface area contributed by atoms with Crippen molar-refractivity contribution < 1.29 is 19.8 Å². The average molecular weight is 638 g/mol. The van der Waals surface area contributed by atoms with Crippen LogP contribution < -0.4 is 10.2 Å². The number of rotatable bonds is 18. The van der Waals surface area contributed by atoms with Gasteiger partial charge in [0.1, 0.15) is 0 Å². The van der Waals surface area contributed by atoms with E-state index in [4.69, 9.17) is 0 Å². The van der Waals surface area contributed by atoms with Crippen LogP contribution in [0.1, 0.15) is 159 Å². The maximum Gasteiger partial charge on any atom is 2.00 e. The van der Waals surface area contributed by atoms with Gasteiger partial charge in [-0.05, 0) is 31.2 Å².